The zero-order valence-corrected chi connectivity index (χ0v) is 8.25. The van der Waals surface area contributed by atoms with Crippen molar-refractivity contribution < 1.29 is 5.11 Å². The van der Waals surface area contributed by atoms with Crippen molar-refractivity contribution >= 4 is 0 Å². The lowest BCUT2D eigenvalue weighted by molar-refractivity contribution is 0.151. The molecule has 0 aliphatic carbocycles. The summed E-state index contributed by atoms with van der Waals surface area (Å²) in [5.41, 5.74) is 0. The van der Waals surface area contributed by atoms with E-state index in [1.165, 1.54) is 0 Å². The molecule has 0 radical (unpaired) electrons. The van der Waals surface area contributed by atoms with E-state index < -0.39 is 0 Å². The first kappa shape index (κ1) is 9.96. The zero-order valence-electron chi connectivity index (χ0n) is 8.25. The third-order valence-electron chi connectivity index (χ3n) is 2.36. The van der Waals surface area contributed by atoms with E-state index in [-0.39, 0.29) is 12.1 Å². The van der Waals surface area contributed by atoms with Crippen LogP contribution in [0.25, 0.3) is 0 Å². The highest BCUT2D eigenvalue weighted by molar-refractivity contribution is 4.89. The molecular formula is C9H20N2O. The van der Waals surface area contributed by atoms with Gasteiger partial charge in [-0.3, -0.25) is 4.90 Å². The molecule has 0 aromatic heterocycles. The Balaban J connectivity index is 2.35. The first-order valence-electron chi connectivity index (χ1n) is 4.80. The van der Waals surface area contributed by atoms with Gasteiger partial charge in [0.1, 0.15) is 0 Å². The van der Waals surface area contributed by atoms with E-state index >= 15 is 0 Å². The molecular weight excluding hydrogens is 152 g/mol. The van der Waals surface area contributed by atoms with E-state index in [1.54, 1.807) is 0 Å². The summed E-state index contributed by atoms with van der Waals surface area (Å²) in [6.07, 6.45) is -0.188. The summed E-state index contributed by atoms with van der Waals surface area (Å²) in [6, 6.07) is 0.728. The average molecular weight is 172 g/mol. The molecule has 2 atom stereocenters. The maximum atomic E-state index is 9.64. The quantitative estimate of drug-likeness (QED) is 0.631. The number of rotatable bonds is 3. The minimum atomic E-state index is -0.188. The summed E-state index contributed by atoms with van der Waals surface area (Å²) in [5.74, 6) is 0. The van der Waals surface area contributed by atoms with Crippen LogP contribution in [0, 0.1) is 0 Å². The molecule has 1 saturated heterocycles. The Labute approximate surface area is 74.8 Å². The zero-order chi connectivity index (χ0) is 9.14. The van der Waals surface area contributed by atoms with Gasteiger partial charge in [0.25, 0.3) is 0 Å². The van der Waals surface area contributed by atoms with Crippen molar-refractivity contribution in [3.05, 3.63) is 0 Å². The van der Waals surface area contributed by atoms with Crippen molar-refractivity contribution in [1.29, 1.82) is 0 Å². The number of likely N-dealkylation sites (N-methyl/N-ethyl adjacent to an activating group) is 1. The van der Waals surface area contributed by atoms with E-state index in [9.17, 15) is 5.11 Å². The molecule has 0 bridgehead atoms. The fourth-order valence-electron chi connectivity index (χ4n) is 1.72. The summed E-state index contributed by atoms with van der Waals surface area (Å²) in [5, 5.41) is 13.0. The molecule has 2 unspecified atom stereocenters. The van der Waals surface area contributed by atoms with Crippen molar-refractivity contribution in [2.45, 2.75) is 39.0 Å². The molecule has 72 valence electrons. The molecule has 0 spiro atoms. The van der Waals surface area contributed by atoms with Gasteiger partial charge in [0.2, 0.25) is 0 Å². The lowest BCUT2D eigenvalue weighted by Crippen LogP contribution is -2.42. The van der Waals surface area contributed by atoms with Gasteiger partial charge in [-0.15, -0.1) is 0 Å². The summed E-state index contributed by atoms with van der Waals surface area (Å²) in [4.78, 5) is 2.27. The second-order valence-corrected chi connectivity index (χ2v) is 3.85. The van der Waals surface area contributed by atoms with Crippen molar-refractivity contribution in [3.8, 4) is 0 Å². The Morgan fingerprint density at radius 1 is 1.50 bits per heavy atom. The predicted molar refractivity (Wildman–Crippen MR) is 50.2 cm³/mol. The van der Waals surface area contributed by atoms with Crippen LogP contribution in [-0.4, -0.2) is 47.8 Å². The van der Waals surface area contributed by atoms with E-state index in [0.717, 1.165) is 19.6 Å². The van der Waals surface area contributed by atoms with Crippen molar-refractivity contribution in [3.63, 3.8) is 0 Å². The number of nitrogens with one attached hydrogen (secondary N) is 1. The second-order valence-electron chi connectivity index (χ2n) is 3.85. The molecule has 1 aliphatic rings. The van der Waals surface area contributed by atoms with Crippen LogP contribution in [0.2, 0.25) is 0 Å². The van der Waals surface area contributed by atoms with Crippen molar-refractivity contribution in [2.75, 3.05) is 19.6 Å². The predicted octanol–water partition coefficient (Wildman–Crippen LogP) is 0.0494. The Bertz CT molecular complexity index is 138. The van der Waals surface area contributed by atoms with Crippen molar-refractivity contribution in [2.24, 2.45) is 0 Å². The number of likely N-dealkylation sites (tertiary alicyclic amines) is 1. The monoisotopic (exact) mass is 172 g/mol. The molecule has 0 aromatic rings. The van der Waals surface area contributed by atoms with E-state index in [1.807, 2.05) is 0 Å². The van der Waals surface area contributed by atoms with Crippen molar-refractivity contribution in [1.82, 2.24) is 10.2 Å². The Hall–Kier alpha value is -0.120. The van der Waals surface area contributed by atoms with Crippen LogP contribution in [0.15, 0.2) is 0 Å². The number of hydrogen-bond acceptors (Lipinski definition) is 3. The SMILES string of the molecule is CCN1CC(O)C(NC(C)C)C1. The van der Waals surface area contributed by atoms with E-state index in [2.05, 4.69) is 31.0 Å². The first-order valence-corrected chi connectivity index (χ1v) is 4.80. The highest BCUT2D eigenvalue weighted by Gasteiger charge is 2.30. The van der Waals surface area contributed by atoms with Crippen LogP contribution in [0.3, 0.4) is 0 Å². The largest absolute Gasteiger partial charge is 0.390 e. The molecule has 12 heavy (non-hydrogen) atoms. The molecule has 1 aliphatic heterocycles. The van der Waals surface area contributed by atoms with Gasteiger partial charge in [0, 0.05) is 25.2 Å². The van der Waals surface area contributed by atoms with Crippen LogP contribution in [0.5, 0.6) is 0 Å². The fraction of sp³-hybridized carbons (Fsp3) is 1.00. The normalized spacial score (nSPS) is 31.8. The van der Waals surface area contributed by atoms with Crippen LogP contribution < -0.4 is 5.32 Å². The smallest absolute Gasteiger partial charge is 0.0832 e. The number of aliphatic hydroxyl groups excluding tert-OH is 1. The first-order chi connectivity index (χ1) is 5.63. The van der Waals surface area contributed by atoms with Crippen LogP contribution in [0.4, 0.5) is 0 Å². The molecule has 0 aromatic carbocycles. The van der Waals surface area contributed by atoms with Crippen LogP contribution in [0.1, 0.15) is 20.8 Å². The standard InChI is InChI=1S/C9H20N2O/c1-4-11-5-8(9(12)6-11)10-7(2)3/h7-10,12H,4-6H2,1-3H3. The van der Waals surface area contributed by atoms with Gasteiger partial charge >= 0.3 is 0 Å². The van der Waals surface area contributed by atoms with Gasteiger partial charge in [-0.25, -0.2) is 0 Å². The molecule has 1 fully saturated rings. The number of hydrogen-bond donors (Lipinski definition) is 2. The van der Waals surface area contributed by atoms with Gasteiger partial charge in [-0.05, 0) is 6.54 Å². The highest BCUT2D eigenvalue weighted by atomic mass is 16.3. The highest BCUT2D eigenvalue weighted by Crippen LogP contribution is 2.09. The topological polar surface area (TPSA) is 35.5 Å². The molecule has 1 heterocycles. The third kappa shape index (κ3) is 2.44. The Morgan fingerprint density at radius 3 is 2.58 bits per heavy atom. The van der Waals surface area contributed by atoms with Crippen LogP contribution in [-0.2, 0) is 0 Å². The van der Waals surface area contributed by atoms with E-state index in [0.29, 0.717) is 6.04 Å². The second kappa shape index (κ2) is 4.21. The Kier molecular flexibility index (Phi) is 3.50. The summed E-state index contributed by atoms with van der Waals surface area (Å²) < 4.78 is 0. The third-order valence-corrected chi connectivity index (χ3v) is 2.36. The molecule has 2 N–H and O–H groups in total. The minimum Gasteiger partial charge on any atom is -0.390 e. The van der Waals surface area contributed by atoms with Gasteiger partial charge in [-0.2, -0.15) is 0 Å². The maximum absolute atomic E-state index is 9.64. The molecule has 0 saturated carbocycles. The lowest BCUT2D eigenvalue weighted by atomic mass is 10.2. The van der Waals surface area contributed by atoms with Gasteiger partial charge in [0.15, 0.2) is 0 Å². The average Bonchev–Trinajstić information content (AvgIpc) is 2.31. The van der Waals surface area contributed by atoms with Gasteiger partial charge < -0.3 is 10.4 Å². The molecule has 3 nitrogen and oxygen atoms in total. The van der Waals surface area contributed by atoms with E-state index in [4.69, 9.17) is 0 Å². The maximum Gasteiger partial charge on any atom is 0.0832 e. The summed E-state index contributed by atoms with van der Waals surface area (Å²) in [7, 11) is 0. The Morgan fingerprint density at radius 2 is 2.17 bits per heavy atom. The number of nitrogens with zero attached hydrogens (tertiary/aromatic N) is 1. The number of β-amino-alcohol motifs (C(OH)–C–C–N with tert-alkyl or cyclic N) is 1. The molecule has 1 rings (SSSR count). The summed E-state index contributed by atoms with van der Waals surface area (Å²) >= 11 is 0. The molecule has 3 heteroatoms. The lowest BCUT2D eigenvalue weighted by Gasteiger charge is -2.18. The number of aliphatic hydroxyl groups is 1. The van der Waals surface area contributed by atoms with Gasteiger partial charge in [0.05, 0.1) is 6.10 Å². The summed E-state index contributed by atoms with van der Waals surface area (Å²) in [6.45, 7) is 9.19. The van der Waals surface area contributed by atoms with Crippen LogP contribution >= 0.6 is 0 Å². The molecule has 0 amide bonds. The fourth-order valence-corrected chi connectivity index (χ4v) is 1.72. The van der Waals surface area contributed by atoms with Gasteiger partial charge in [-0.1, -0.05) is 20.8 Å². The minimum absolute atomic E-state index is 0.188.